The molecule has 30 heavy (non-hydrogen) atoms. The van der Waals surface area contributed by atoms with Crippen LogP contribution < -0.4 is 4.74 Å². The number of hydrogen-bond donors (Lipinski definition) is 0. The van der Waals surface area contributed by atoms with Crippen LogP contribution in [-0.4, -0.2) is 14.0 Å². The fourth-order valence-electron chi connectivity index (χ4n) is 6.09. The van der Waals surface area contributed by atoms with Gasteiger partial charge in [-0.2, -0.15) is 0 Å². The molecule has 4 rings (SSSR count). The Hall–Kier alpha value is -1.44. The van der Waals surface area contributed by atoms with E-state index >= 15 is 0 Å². The van der Waals surface area contributed by atoms with Crippen LogP contribution in [0.5, 0.6) is 5.75 Å². The van der Waals surface area contributed by atoms with E-state index in [1.54, 1.807) is 21.5 Å². The van der Waals surface area contributed by atoms with Crippen molar-refractivity contribution in [3.63, 3.8) is 0 Å². The maximum atomic E-state index is 5.74. The van der Waals surface area contributed by atoms with E-state index in [1.165, 1.54) is 27.8 Å². The molecule has 0 spiro atoms. The summed E-state index contributed by atoms with van der Waals surface area (Å²) in [6.07, 6.45) is 2.59. The Bertz CT molecular complexity index is 1200. The zero-order valence-electron chi connectivity index (χ0n) is 19.5. The molecule has 0 aliphatic heterocycles. The van der Waals surface area contributed by atoms with Crippen LogP contribution in [0, 0.1) is 5.92 Å². The van der Waals surface area contributed by atoms with Crippen LogP contribution >= 0.6 is 0 Å². The van der Waals surface area contributed by atoms with E-state index in [2.05, 4.69) is 98.4 Å². The average molecular weight is 494 g/mol. The van der Waals surface area contributed by atoms with Gasteiger partial charge in [0.25, 0.3) is 0 Å². The Labute approximate surface area is 184 Å². The van der Waals surface area contributed by atoms with Gasteiger partial charge in [-0.25, -0.2) is 0 Å². The molecule has 0 bridgehead atoms. The van der Waals surface area contributed by atoms with Gasteiger partial charge in [-0.15, -0.1) is 0 Å². The van der Waals surface area contributed by atoms with Gasteiger partial charge in [-0.1, -0.05) is 0 Å². The molecule has 1 nitrogen and oxygen atoms in total. The van der Waals surface area contributed by atoms with Gasteiger partial charge in [-0.05, 0) is 0 Å². The van der Waals surface area contributed by atoms with Gasteiger partial charge in [0.05, 0.1) is 0 Å². The molecule has 0 N–H and O–H groups in total. The van der Waals surface area contributed by atoms with Crippen molar-refractivity contribution < 1.29 is 22.1 Å². The number of fused-ring (bicyclic) bond motifs is 1. The third-order valence-electron chi connectivity index (χ3n) is 7.84. The van der Waals surface area contributed by atoms with Gasteiger partial charge in [0, 0.05) is 0 Å². The van der Waals surface area contributed by atoms with Crippen molar-refractivity contribution in [3.8, 4) is 5.75 Å². The standard InChI is InChI=1S/C16H13O.C9H13.2CH3.H2Si.Zr/c1-17-16-9-5-4-8-15(16)14-11-10-12-6-2-3-7-13(12)14;1-6-5-7(2)9(4)8(6)3;;;;/h2-11H,1H3;6H,1-4H3;2*1H3;1H2;. The first-order valence-corrected chi connectivity index (χ1v) is 24.5. The fourth-order valence-corrected chi connectivity index (χ4v) is 24.6. The Morgan fingerprint density at radius 3 is 2.07 bits per heavy atom. The molecule has 0 saturated carbocycles. The number of methoxy groups -OCH3 is 1. The minimum absolute atomic E-state index is 0.506. The predicted octanol–water partition coefficient (Wildman–Crippen LogP) is 6.78. The first-order chi connectivity index (χ1) is 14.1. The summed E-state index contributed by atoms with van der Waals surface area (Å²) in [5.74, 6) is 1.52. The summed E-state index contributed by atoms with van der Waals surface area (Å²) in [5, 5.41) is 0. The summed E-state index contributed by atoms with van der Waals surface area (Å²) in [5.41, 5.74) is 10.1. The van der Waals surface area contributed by atoms with Crippen LogP contribution in [0.1, 0.15) is 48.0 Å². The number of allylic oxidation sites excluding steroid dienone is 5. The normalized spacial score (nSPS) is 21.8. The van der Waals surface area contributed by atoms with Gasteiger partial charge in [0.15, 0.2) is 0 Å². The summed E-state index contributed by atoms with van der Waals surface area (Å²) in [6.45, 7) is 11.8. The topological polar surface area (TPSA) is 9.23 Å². The third kappa shape index (κ3) is 3.12. The first kappa shape index (κ1) is 21.8. The van der Waals surface area contributed by atoms with E-state index in [-0.39, 0.29) is 0 Å². The molecular weight excluding hydrogens is 460 g/mol. The SMILES string of the molecule is COc1ccccc1C1=C[CH]([Zr]([CH3])([CH3])(=[SiH2])[C]2=C(C)C(C)=C(C)C2C)c2ccccc21. The van der Waals surface area contributed by atoms with E-state index in [4.69, 9.17) is 4.74 Å². The molecule has 2 unspecified atom stereocenters. The molecule has 2 aromatic carbocycles. The van der Waals surface area contributed by atoms with Crippen molar-refractivity contribution in [2.75, 3.05) is 7.11 Å². The van der Waals surface area contributed by atoms with Crippen molar-refractivity contribution in [3.05, 3.63) is 91.3 Å². The second-order valence-electron chi connectivity index (χ2n) is 10.2. The quantitative estimate of drug-likeness (QED) is 0.427. The zero-order chi connectivity index (χ0) is 21.9. The fraction of sp³-hybridized carbons (Fsp3) is 0.333. The average Bonchev–Trinajstić information content (AvgIpc) is 3.21. The number of hydrogen-bond acceptors (Lipinski definition) is 1. The molecule has 0 amide bonds. The summed E-state index contributed by atoms with van der Waals surface area (Å²) in [7, 11) is 1.77. The number of rotatable bonds is 4. The van der Waals surface area contributed by atoms with Crippen molar-refractivity contribution in [1.29, 1.82) is 0 Å². The first-order valence-electron chi connectivity index (χ1n) is 11.0. The second-order valence-corrected chi connectivity index (χ2v) is 39.8. The van der Waals surface area contributed by atoms with Crippen LogP contribution in [-0.2, 0) is 17.4 Å². The monoisotopic (exact) mass is 492 g/mol. The number of para-hydroxylation sites is 1. The number of ether oxygens (including phenoxy) is 1. The van der Waals surface area contributed by atoms with Crippen LogP contribution in [0.15, 0.2) is 74.6 Å². The Morgan fingerprint density at radius 2 is 1.47 bits per heavy atom. The molecule has 3 heteroatoms. The molecule has 0 radical (unpaired) electrons. The van der Waals surface area contributed by atoms with E-state index in [0.29, 0.717) is 9.54 Å². The molecule has 2 aliphatic carbocycles. The van der Waals surface area contributed by atoms with E-state index in [0.717, 1.165) is 5.75 Å². The molecular formula is C27H34OSiZr. The maximum absolute atomic E-state index is 5.74. The second kappa shape index (κ2) is 7.31. The Balaban J connectivity index is 1.96. The molecule has 2 aromatic rings. The summed E-state index contributed by atoms with van der Waals surface area (Å²) in [4.78, 5) is 0. The summed E-state index contributed by atoms with van der Waals surface area (Å²) >= 11 is -3.36. The van der Waals surface area contributed by atoms with E-state index in [9.17, 15) is 0 Å². The van der Waals surface area contributed by atoms with E-state index < -0.39 is 17.4 Å². The molecule has 0 heterocycles. The summed E-state index contributed by atoms with van der Waals surface area (Å²) in [6, 6.07) is 17.5. The zero-order valence-corrected chi connectivity index (χ0v) is 23.3. The van der Waals surface area contributed by atoms with Gasteiger partial charge >= 0.3 is 185 Å². The number of benzene rings is 2. The molecule has 156 valence electrons. The van der Waals surface area contributed by atoms with Gasteiger partial charge in [-0.3, -0.25) is 0 Å². The van der Waals surface area contributed by atoms with Crippen LogP contribution in [0.25, 0.3) is 5.57 Å². The third-order valence-corrected chi connectivity index (χ3v) is 25.1. The van der Waals surface area contributed by atoms with Crippen molar-refractivity contribution in [2.24, 2.45) is 5.92 Å². The minimum atomic E-state index is -3.36. The van der Waals surface area contributed by atoms with Gasteiger partial charge in [0.1, 0.15) is 0 Å². The predicted molar refractivity (Wildman–Crippen MR) is 130 cm³/mol. The molecule has 2 aliphatic rings. The van der Waals surface area contributed by atoms with Crippen LogP contribution in [0.3, 0.4) is 0 Å². The Kier molecular flexibility index (Phi) is 5.31. The van der Waals surface area contributed by atoms with Crippen molar-refractivity contribution in [1.82, 2.24) is 0 Å². The van der Waals surface area contributed by atoms with Crippen LogP contribution in [0.4, 0.5) is 0 Å². The van der Waals surface area contributed by atoms with Gasteiger partial charge in [0.2, 0.25) is 0 Å². The summed E-state index contributed by atoms with van der Waals surface area (Å²) < 4.78 is 13.4. The van der Waals surface area contributed by atoms with E-state index in [1.807, 2.05) is 0 Å². The van der Waals surface area contributed by atoms with Crippen molar-refractivity contribution in [2.45, 2.75) is 40.6 Å². The molecule has 0 saturated heterocycles. The molecule has 2 atom stereocenters. The van der Waals surface area contributed by atoms with Gasteiger partial charge < -0.3 is 0 Å². The molecule has 0 fully saturated rings. The van der Waals surface area contributed by atoms with Crippen LogP contribution in [0.2, 0.25) is 9.26 Å². The molecule has 0 aromatic heterocycles. The van der Waals surface area contributed by atoms with Crippen molar-refractivity contribution >= 4 is 12.5 Å². The Morgan fingerprint density at radius 1 is 0.867 bits per heavy atom.